The molecule has 114 valence electrons. The van der Waals surface area contributed by atoms with Crippen molar-refractivity contribution in [2.45, 2.75) is 13.0 Å². The number of carbonyl (C=O) groups excluding carboxylic acids is 1. The van der Waals surface area contributed by atoms with Crippen molar-refractivity contribution in [3.05, 3.63) is 59.7 Å². The van der Waals surface area contributed by atoms with Crippen LogP contribution in [-0.4, -0.2) is 32.3 Å². The predicted octanol–water partition coefficient (Wildman–Crippen LogP) is 3.05. The number of ether oxygens (including phenoxy) is 2. The molecule has 0 radical (unpaired) electrons. The third-order valence-electron chi connectivity index (χ3n) is 3.67. The summed E-state index contributed by atoms with van der Waals surface area (Å²) in [5.74, 6) is 0.512. The Morgan fingerprint density at radius 3 is 2.59 bits per heavy atom. The van der Waals surface area contributed by atoms with Crippen LogP contribution in [0.1, 0.15) is 15.9 Å². The third-order valence-corrected chi connectivity index (χ3v) is 3.67. The summed E-state index contributed by atoms with van der Waals surface area (Å²) in [6, 6.07) is 15.2. The number of amides is 1. The molecule has 0 saturated carbocycles. The van der Waals surface area contributed by atoms with E-state index >= 15 is 0 Å². The van der Waals surface area contributed by atoms with Crippen molar-refractivity contribution in [1.82, 2.24) is 0 Å². The molecule has 2 aromatic carbocycles. The van der Waals surface area contributed by atoms with Crippen LogP contribution in [0.4, 0.5) is 5.69 Å². The highest BCUT2D eigenvalue weighted by Crippen LogP contribution is 2.24. The van der Waals surface area contributed by atoms with Crippen molar-refractivity contribution in [2.24, 2.45) is 0 Å². The van der Waals surface area contributed by atoms with Gasteiger partial charge in [0, 0.05) is 12.7 Å². The van der Waals surface area contributed by atoms with Crippen LogP contribution in [-0.2, 0) is 4.74 Å². The Kier molecular flexibility index (Phi) is 4.11. The van der Waals surface area contributed by atoms with Crippen LogP contribution in [0.2, 0.25) is 0 Å². The number of nitrogens with zero attached hydrogens (tertiary/aromatic N) is 1. The molecule has 2 aromatic rings. The van der Waals surface area contributed by atoms with E-state index in [0.717, 1.165) is 17.9 Å². The average molecular weight is 297 g/mol. The third kappa shape index (κ3) is 3.28. The van der Waals surface area contributed by atoms with Gasteiger partial charge in [0.1, 0.15) is 18.5 Å². The van der Waals surface area contributed by atoms with Crippen molar-refractivity contribution in [1.29, 1.82) is 0 Å². The number of epoxide rings is 1. The maximum atomic E-state index is 12.7. The topological polar surface area (TPSA) is 42.1 Å². The van der Waals surface area contributed by atoms with Crippen LogP contribution in [0.25, 0.3) is 0 Å². The number of aryl methyl sites for hydroxylation is 1. The van der Waals surface area contributed by atoms with Gasteiger partial charge in [-0.25, -0.2) is 0 Å². The Labute approximate surface area is 130 Å². The van der Waals surface area contributed by atoms with E-state index in [9.17, 15) is 4.79 Å². The number of hydrogen-bond acceptors (Lipinski definition) is 3. The number of rotatable bonds is 5. The Balaban J connectivity index is 1.79. The van der Waals surface area contributed by atoms with Gasteiger partial charge in [-0.15, -0.1) is 0 Å². The van der Waals surface area contributed by atoms with Crippen LogP contribution in [0.3, 0.4) is 0 Å². The van der Waals surface area contributed by atoms with Crippen molar-refractivity contribution in [3.8, 4) is 5.75 Å². The normalized spacial score (nSPS) is 16.2. The standard InChI is InChI=1S/C18H19NO3/c1-13-7-9-14(10-8-13)19(2)18(20)16-5-3-4-6-17(16)22-12-15-11-21-15/h3-10,15H,11-12H2,1-2H3. The fraction of sp³-hybridized carbons (Fsp3) is 0.278. The van der Waals surface area contributed by atoms with E-state index in [0.29, 0.717) is 17.9 Å². The molecule has 1 aliphatic heterocycles. The Bertz CT molecular complexity index is 662. The van der Waals surface area contributed by atoms with E-state index in [1.165, 1.54) is 0 Å². The van der Waals surface area contributed by atoms with E-state index < -0.39 is 0 Å². The van der Waals surface area contributed by atoms with Gasteiger partial charge in [0.2, 0.25) is 0 Å². The van der Waals surface area contributed by atoms with Gasteiger partial charge in [-0.1, -0.05) is 29.8 Å². The lowest BCUT2D eigenvalue weighted by Crippen LogP contribution is -2.26. The lowest BCUT2D eigenvalue weighted by atomic mass is 10.1. The zero-order valence-electron chi connectivity index (χ0n) is 12.8. The number of benzene rings is 2. The smallest absolute Gasteiger partial charge is 0.261 e. The number of para-hydroxylation sites is 1. The van der Waals surface area contributed by atoms with Gasteiger partial charge in [-0.2, -0.15) is 0 Å². The van der Waals surface area contributed by atoms with Crippen LogP contribution < -0.4 is 9.64 Å². The zero-order valence-corrected chi connectivity index (χ0v) is 12.8. The SMILES string of the molecule is Cc1ccc(N(C)C(=O)c2ccccc2OCC2CO2)cc1. The van der Waals surface area contributed by atoms with Gasteiger partial charge < -0.3 is 14.4 Å². The molecule has 0 bridgehead atoms. The predicted molar refractivity (Wildman–Crippen MR) is 85.6 cm³/mol. The molecule has 3 rings (SSSR count). The molecule has 0 N–H and O–H groups in total. The average Bonchev–Trinajstić information content (AvgIpc) is 3.37. The minimum atomic E-state index is -0.0869. The van der Waals surface area contributed by atoms with E-state index in [4.69, 9.17) is 9.47 Å². The zero-order chi connectivity index (χ0) is 15.5. The fourth-order valence-electron chi connectivity index (χ4n) is 2.18. The van der Waals surface area contributed by atoms with Crippen LogP contribution in [0.15, 0.2) is 48.5 Å². The molecule has 0 spiro atoms. The lowest BCUT2D eigenvalue weighted by Gasteiger charge is -2.19. The maximum Gasteiger partial charge on any atom is 0.261 e. The second kappa shape index (κ2) is 6.20. The van der Waals surface area contributed by atoms with Gasteiger partial charge in [-0.3, -0.25) is 4.79 Å². The molecule has 1 amide bonds. The fourth-order valence-corrected chi connectivity index (χ4v) is 2.18. The minimum Gasteiger partial charge on any atom is -0.490 e. The summed E-state index contributed by atoms with van der Waals surface area (Å²) in [4.78, 5) is 14.4. The summed E-state index contributed by atoms with van der Waals surface area (Å²) in [5.41, 5.74) is 2.58. The molecule has 0 aliphatic carbocycles. The first-order valence-electron chi connectivity index (χ1n) is 7.33. The Morgan fingerprint density at radius 2 is 1.91 bits per heavy atom. The first-order chi connectivity index (χ1) is 10.6. The monoisotopic (exact) mass is 297 g/mol. The van der Waals surface area contributed by atoms with Crippen molar-refractivity contribution < 1.29 is 14.3 Å². The Hall–Kier alpha value is -2.33. The van der Waals surface area contributed by atoms with Crippen molar-refractivity contribution in [2.75, 3.05) is 25.2 Å². The second-order valence-electron chi connectivity index (χ2n) is 5.46. The molecule has 1 unspecified atom stereocenters. The summed E-state index contributed by atoms with van der Waals surface area (Å²) in [7, 11) is 1.77. The van der Waals surface area contributed by atoms with Gasteiger partial charge in [0.15, 0.2) is 0 Å². The first kappa shape index (κ1) is 14.6. The molecule has 1 fully saturated rings. The highest BCUT2D eigenvalue weighted by Gasteiger charge is 2.24. The van der Waals surface area contributed by atoms with Gasteiger partial charge in [-0.05, 0) is 31.2 Å². The highest BCUT2D eigenvalue weighted by atomic mass is 16.6. The van der Waals surface area contributed by atoms with E-state index in [1.807, 2.05) is 49.4 Å². The molecular weight excluding hydrogens is 278 g/mol. The Morgan fingerprint density at radius 1 is 1.23 bits per heavy atom. The molecule has 1 heterocycles. The van der Waals surface area contributed by atoms with Crippen molar-refractivity contribution in [3.63, 3.8) is 0 Å². The summed E-state index contributed by atoms with van der Waals surface area (Å²) in [5, 5.41) is 0. The second-order valence-corrected chi connectivity index (χ2v) is 5.46. The van der Waals surface area contributed by atoms with Gasteiger partial charge in [0.25, 0.3) is 5.91 Å². The first-order valence-corrected chi connectivity index (χ1v) is 7.33. The van der Waals surface area contributed by atoms with Gasteiger partial charge >= 0.3 is 0 Å². The number of carbonyl (C=O) groups is 1. The molecule has 1 saturated heterocycles. The van der Waals surface area contributed by atoms with Crippen LogP contribution >= 0.6 is 0 Å². The van der Waals surface area contributed by atoms with E-state index in [1.54, 1.807) is 18.0 Å². The largest absolute Gasteiger partial charge is 0.490 e. The molecule has 4 heteroatoms. The lowest BCUT2D eigenvalue weighted by molar-refractivity contribution is 0.0988. The van der Waals surface area contributed by atoms with Crippen molar-refractivity contribution >= 4 is 11.6 Å². The summed E-state index contributed by atoms with van der Waals surface area (Å²) in [6.07, 6.45) is 0.165. The molecule has 0 aromatic heterocycles. The summed E-state index contributed by atoms with van der Waals surface area (Å²) >= 11 is 0. The molecule has 4 nitrogen and oxygen atoms in total. The summed E-state index contributed by atoms with van der Waals surface area (Å²) in [6.45, 7) is 3.24. The number of anilines is 1. The van der Waals surface area contributed by atoms with E-state index in [2.05, 4.69) is 0 Å². The molecule has 1 aliphatic rings. The number of hydrogen-bond donors (Lipinski definition) is 0. The van der Waals surface area contributed by atoms with Crippen LogP contribution in [0, 0.1) is 6.92 Å². The van der Waals surface area contributed by atoms with Crippen LogP contribution in [0.5, 0.6) is 5.75 Å². The molecular formula is C18H19NO3. The minimum absolute atomic E-state index is 0.0869. The quantitative estimate of drug-likeness (QED) is 0.797. The van der Waals surface area contributed by atoms with E-state index in [-0.39, 0.29) is 12.0 Å². The molecule has 22 heavy (non-hydrogen) atoms. The maximum absolute atomic E-state index is 12.7. The summed E-state index contributed by atoms with van der Waals surface area (Å²) < 4.78 is 10.9. The molecule has 1 atom stereocenters. The van der Waals surface area contributed by atoms with Gasteiger partial charge in [0.05, 0.1) is 12.2 Å². The highest BCUT2D eigenvalue weighted by molar-refractivity contribution is 6.07.